The van der Waals surface area contributed by atoms with Crippen molar-refractivity contribution in [1.82, 2.24) is 4.57 Å². The first-order valence-electron chi connectivity index (χ1n) is 4.57. The van der Waals surface area contributed by atoms with Gasteiger partial charge in [-0.15, -0.1) is 11.6 Å². The van der Waals surface area contributed by atoms with Crippen molar-refractivity contribution < 1.29 is 8.81 Å². The lowest BCUT2D eigenvalue weighted by atomic mass is 10.3. The monoisotopic (exact) mass is 229 g/mol. The van der Waals surface area contributed by atoms with Gasteiger partial charge in [0, 0.05) is 18.5 Å². The molecule has 3 nitrogen and oxygen atoms in total. The van der Waals surface area contributed by atoms with Crippen LogP contribution in [0.1, 0.15) is 6.42 Å². The lowest BCUT2D eigenvalue weighted by Gasteiger charge is -1.98. The fraction of sp³-hybridized carbons (Fsp3) is 0.300. The van der Waals surface area contributed by atoms with Crippen molar-refractivity contribution in [3.63, 3.8) is 0 Å². The Morgan fingerprint density at radius 2 is 2.27 bits per heavy atom. The Kier molecular flexibility index (Phi) is 2.77. The van der Waals surface area contributed by atoms with Crippen LogP contribution >= 0.6 is 11.6 Å². The molecule has 0 atom stereocenters. The Bertz CT molecular complexity index is 532. The third kappa shape index (κ3) is 1.90. The van der Waals surface area contributed by atoms with Crippen molar-refractivity contribution in [2.75, 3.05) is 5.88 Å². The van der Waals surface area contributed by atoms with Crippen molar-refractivity contribution in [1.29, 1.82) is 0 Å². The maximum absolute atomic E-state index is 12.8. The summed E-state index contributed by atoms with van der Waals surface area (Å²) in [6.45, 7) is 0.487. The van der Waals surface area contributed by atoms with E-state index in [1.165, 1.54) is 22.8 Å². The summed E-state index contributed by atoms with van der Waals surface area (Å²) in [5.74, 6) is -0.415. The number of rotatable bonds is 3. The number of oxazole rings is 1. The van der Waals surface area contributed by atoms with Crippen LogP contribution in [-0.4, -0.2) is 10.4 Å². The molecule has 80 valence electrons. The van der Waals surface area contributed by atoms with Gasteiger partial charge in [-0.25, -0.2) is 9.18 Å². The molecule has 0 radical (unpaired) electrons. The van der Waals surface area contributed by atoms with Gasteiger partial charge in [0.1, 0.15) is 5.82 Å². The number of halogens is 2. The Hall–Kier alpha value is -1.29. The standard InChI is InChI=1S/C10H9ClFNO2/c11-4-1-5-13-8-3-2-7(12)6-9(8)15-10(13)14/h2-3,6H,1,4-5H2. The van der Waals surface area contributed by atoms with Crippen LogP contribution in [0.3, 0.4) is 0 Å². The highest BCUT2D eigenvalue weighted by atomic mass is 35.5. The number of alkyl halides is 1. The molecule has 0 aliphatic heterocycles. The molecule has 0 amide bonds. The number of aromatic nitrogens is 1. The largest absolute Gasteiger partial charge is 0.419 e. The van der Waals surface area contributed by atoms with E-state index in [0.29, 0.717) is 24.4 Å². The van der Waals surface area contributed by atoms with E-state index in [4.69, 9.17) is 16.0 Å². The summed E-state index contributed by atoms with van der Waals surface area (Å²) in [6.07, 6.45) is 0.674. The lowest BCUT2D eigenvalue weighted by molar-refractivity contribution is 0.501. The molecule has 1 heterocycles. The van der Waals surface area contributed by atoms with Crippen molar-refractivity contribution in [3.05, 3.63) is 34.6 Å². The molecule has 0 aliphatic carbocycles. The minimum absolute atomic E-state index is 0.273. The maximum atomic E-state index is 12.8. The normalized spacial score (nSPS) is 11.1. The molecule has 0 saturated carbocycles. The Morgan fingerprint density at radius 1 is 1.47 bits per heavy atom. The van der Waals surface area contributed by atoms with Gasteiger partial charge in [-0.2, -0.15) is 0 Å². The molecule has 5 heteroatoms. The minimum Gasteiger partial charge on any atom is -0.408 e. The van der Waals surface area contributed by atoms with Crippen LogP contribution in [0.2, 0.25) is 0 Å². The molecule has 0 fully saturated rings. The molecule has 0 saturated heterocycles. The minimum atomic E-state index is -0.472. The first-order chi connectivity index (χ1) is 7.22. The van der Waals surface area contributed by atoms with E-state index in [1.807, 2.05) is 0 Å². The first kappa shape index (κ1) is 10.2. The SMILES string of the molecule is O=c1oc2cc(F)ccc2n1CCCCl. The average molecular weight is 230 g/mol. The van der Waals surface area contributed by atoms with E-state index >= 15 is 0 Å². The van der Waals surface area contributed by atoms with Crippen molar-refractivity contribution >= 4 is 22.7 Å². The first-order valence-corrected chi connectivity index (χ1v) is 5.10. The molecule has 15 heavy (non-hydrogen) atoms. The fourth-order valence-electron chi connectivity index (χ4n) is 1.47. The fourth-order valence-corrected chi connectivity index (χ4v) is 1.59. The van der Waals surface area contributed by atoms with Gasteiger partial charge >= 0.3 is 5.76 Å². The summed E-state index contributed by atoms with van der Waals surface area (Å²) in [5, 5.41) is 0. The summed E-state index contributed by atoms with van der Waals surface area (Å²) >= 11 is 5.54. The van der Waals surface area contributed by atoms with E-state index in [-0.39, 0.29) is 5.58 Å². The predicted octanol–water partition coefficient (Wildman–Crippen LogP) is 2.36. The van der Waals surface area contributed by atoms with E-state index in [2.05, 4.69) is 0 Å². The summed E-state index contributed by atoms with van der Waals surface area (Å²) in [6, 6.07) is 4.03. The van der Waals surface area contributed by atoms with Gasteiger partial charge in [0.15, 0.2) is 5.58 Å². The molecular formula is C10H9ClFNO2. The highest BCUT2D eigenvalue weighted by Gasteiger charge is 2.08. The molecule has 2 rings (SSSR count). The molecule has 0 aliphatic rings. The summed E-state index contributed by atoms with van der Waals surface area (Å²) in [5.41, 5.74) is 0.876. The molecule has 0 unspecified atom stereocenters. The van der Waals surface area contributed by atoms with Gasteiger partial charge in [-0.05, 0) is 18.6 Å². The van der Waals surface area contributed by atoms with Crippen LogP contribution in [0, 0.1) is 5.82 Å². The van der Waals surface area contributed by atoms with Gasteiger partial charge in [-0.3, -0.25) is 4.57 Å². The second kappa shape index (κ2) is 4.06. The third-order valence-electron chi connectivity index (χ3n) is 2.15. The molecular weight excluding hydrogens is 221 g/mol. The molecule has 0 spiro atoms. The molecule has 0 N–H and O–H groups in total. The number of aryl methyl sites for hydroxylation is 1. The molecule has 2 aromatic rings. The quantitative estimate of drug-likeness (QED) is 0.758. The van der Waals surface area contributed by atoms with Crippen LogP contribution < -0.4 is 5.76 Å². The van der Waals surface area contributed by atoms with E-state index in [0.717, 1.165) is 0 Å². The van der Waals surface area contributed by atoms with E-state index in [9.17, 15) is 9.18 Å². The Balaban J connectivity index is 2.53. The zero-order valence-electron chi connectivity index (χ0n) is 7.87. The number of benzene rings is 1. The smallest absolute Gasteiger partial charge is 0.408 e. The topological polar surface area (TPSA) is 35.1 Å². The lowest BCUT2D eigenvalue weighted by Crippen LogP contribution is -2.14. The van der Waals surface area contributed by atoms with E-state index in [1.54, 1.807) is 0 Å². The molecule has 1 aromatic carbocycles. The highest BCUT2D eigenvalue weighted by Crippen LogP contribution is 2.14. The summed E-state index contributed by atoms with van der Waals surface area (Å²) in [7, 11) is 0. The third-order valence-corrected chi connectivity index (χ3v) is 2.41. The Labute approximate surface area is 90.1 Å². The van der Waals surface area contributed by atoms with Gasteiger partial charge in [0.25, 0.3) is 0 Å². The highest BCUT2D eigenvalue weighted by molar-refractivity contribution is 6.17. The maximum Gasteiger partial charge on any atom is 0.419 e. The van der Waals surface area contributed by atoms with Crippen LogP contribution in [0.25, 0.3) is 11.1 Å². The van der Waals surface area contributed by atoms with E-state index < -0.39 is 11.6 Å². The second-order valence-corrected chi connectivity index (χ2v) is 3.55. The number of fused-ring (bicyclic) bond motifs is 1. The van der Waals surface area contributed by atoms with Crippen LogP contribution in [0.4, 0.5) is 4.39 Å². The van der Waals surface area contributed by atoms with Crippen LogP contribution in [-0.2, 0) is 6.54 Å². The van der Waals surface area contributed by atoms with Crippen molar-refractivity contribution in [3.8, 4) is 0 Å². The second-order valence-electron chi connectivity index (χ2n) is 3.17. The zero-order chi connectivity index (χ0) is 10.8. The number of hydrogen-bond acceptors (Lipinski definition) is 2. The van der Waals surface area contributed by atoms with Gasteiger partial charge < -0.3 is 4.42 Å². The zero-order valence-corrected chi connectivity index (χ0v) is 8.63. The van der Waals surface area contributed by atoms with Crippen LogP contribution in [0.5, 0.6) is 0 Å². The van der Waals surface area contributed by atoms with Crippen molar-refractivity contribution in [2.45, 2.75) is 13.0 Å². The molecule has 1 aromatic heterocycles. The average Bonchev–Trinajstić information content (AvgIpc) is 2.50. The van der Waals surface area contributed by atoms with Gasteiger partial charge in [0.05, 0.1) is 5.52 Å². The van der Waals surface area contributed by atoms with Gasteiger partial charge in [0.2, 0.25) is 0 Å². The molecule has 0 bridgehead atoms. The van der Waals surface area contributed by atoms with Gasteiger partial charge in [-0.1, -0.05) is 0 Å². The summed E-state index contributed by atoms with van der Waals surface area (Å²) < 4.78 is 19.2. The summed E-state index contributed by atoms with van der Waals surface area (Å²) in [4.78, 5) is 11.4. The van der Waals surface area contributed by atoms with Crippen molar-refractivity contribution in [2.24, 2.45) is 0 Å². The number of hydrogen-bond donors (Lipinski definition) is 0. The predicted molar refractivity (Wildman–Crippen MR) is 55.8 cm³/mol. The Morgan fingerprint density at radius 3 is 3.00 bits per heavy atom. The number of nitrogens with zero attached hydrogens (tertiary/aromatic N) is 1. The van der Waals surface area contributed by atoms with Crippen LogP contribution in [0.15, 0.2) is 27.4 Å².